The van der Waals surface area contributed by atoms with E-state index in [0.29, 0.717) is 11.0 Å². The van der Waals surface area contributed by atoms with Crippen LogP contribution >= 0.6 is 11.6 Å². The predicted octanol–water partition coefficient (Wildman–Crippen LogP) is 1.88. The number of primary amides is 1. The van der Waals surface area contributed by atoms with Crippen LogP contribution in [0.5, 0.6) is 0 Å². The average molecular weight is 288 g/mol. The third kappa shape index (κ3) is 1.90. The molecular weight excluding hydrogens is 278 g/mol. The Morgan fingerprint density at radius 2 is 2.00 bits per heavy atom. The van der Waals surface area contributed by atoms with E-state index in [1.807, 2.05) is 19.1 Å². The molecule has 0 aliphatic heterocycles. The maximum absolute atomic E-state index is 11.0. The van der Waals surface area contributed by atoms with Crippen molar-refractivity contribution in [1.82, 2.24) is 19.7 Å². The van der Waals surface area contributed by atoms with Gasteiger partial charge in [0, 0.05) is 17.8 Å². The highest BCUT2D eigenvalue weighted by Crippen LogP contribution is 2.27. The first-order chi connectivity index (χ1) is 9.58. The van der Waals surface area contributed by atoms with Gasteiger partial charge in [-0.15, -0.1) is 0 Å². The van der Waals surface area contributed by atoms with Gasteiger partial charge in [0.15, 0.2) is 0 Å². The van der Waals surface area contributed by atoms with Gasteiger partial charge in [-0.05, 0) is 19.1 Å². The minimum absolute atomic E-state index is 0.250. The summed E-state index contributed by atoms with van der Waals surface area (Å²) in [5.41, 5.74) is 7.00. The maximum Gasteiger partial charge on any atom is 0.251 e. The van der Waals surface area contributed by atoms with E-state index in [4.69, 9.17) is 17.3 Å². The second kappa shape index (κ2) is 4.57. The summed E-state index contributed by atoms with van der Waals surface area (Å²) in [4.78, 5) is 19.2. The molecular formula is C13H10ClN5O. The molecule has 0 bridgehead atoms. The van der Waals surface area contributed by atoms with Gasteiger partial charge in [-0.1, -0.05) is 17.7 Å². The Morgan fingerprint density at radius 1 is 1.30 bits per heavy atom. The van der Waals surface area contributed by atoms with E-state index in [1.165, 1.54) is 12.4 Å². The quantitative estimate of drug-likeness (QED) is 0.779. The Hall–Kier alpha value is -2.47. The first kappa shape index (κ1) is 12.6. The van der Waals surface area contributed by atoms with Gasteiger partial charge in [-0.25, -0.2) is 9.97 Å². The summed E-state index contributed by atoms with van der Waals surface area (Å²) < 4.78 is 1.58. The number of carbonyl (C=O) groups excluding carboxylic acids is 1. The van der Waals surface area contributed by atoms with Gasteiger partial charge in [0.25, 0.3) is 11.9 Å². The summed E-state index contributed by atoms with van der Waals surface area (Å²) in [6, 6.07) is 5.52. The summed E-state index contributed by atoms with van der Waals surface area (Å²) in [6.07, 6.45) is 2.75. The summed E-state index contributed by atoms with van der Waals surface area (Å²) in [7, 11) is 0. The van der Waals surface area contributed by atoms with Crippen LogP contribution in [0.1, 0.15) is 16.1 Å². The first-order valence-corrected chi connectivity index (χ1v) is 6.22. The van der Waals surface area contributed by atoms with E-state index in [1.54, 1.807) is 10.7 Å². The first-order valence-electron chi connectivity index (χ1n) is 5.84. The van der Waals surface area contributed by atoms with Gasteiger partial charge >= 0.3 is 0 Å². The summed E-state index contributed by atoms with van der Waals surface area (Å²) in [5.74, 6) is -0.212. The molecule has 0 saturated heterocycles. The lowest BCUT2D eigenvalue weighted by Gasteiger charge is -2.02. The standard InChI is InChI=1S/C13H10ClN5O/c1-7-11-9(14)3-2-4-10(11)19(18-7)13-16-5-8(6-17-13)12(15)20/h2-6H,1H3,(H2,15,20). The minimum atomic E-state index is -0.568. The molecule has 0 radical (unpaired) electrons. The Balaban J connectivity index is 2.20. The van der Waals surface area contributed by atoms with Gasteiger partial charge in [-0.3, -0.25) is 4.79 Å². The number of aromatic nitrogens is 4. The molecule has 0 fully saturated rings. The van der Waals surface area contributed by atoms with Gasteiger partial charge in [-0.2, -0.15) is 9.78 Å². The second-order valence-corrected chi connectivity index (χ2v) is 4.67. The molecule has 7 heteroatoms. The molecule has 3 rings (SSSR count). The largest absolute Gasteiger partial charge is 0.366 e. The molecule has 0 unspecified atom stereocenters. The van der Waals surface area contributed by atoms with Crippen LogP contribution < -0.4 is 5.73 Å². The number of nitrogens with two attached hydrogens (primary N) is 1. The summed E-state index contributed by atoms with van der Waals surface area (Å²) in [5, 5.41) is 5.87. The molecule has 2 heterocycles. The van der Waals surface area contributed by atoms with Crippen molar-refractivity contribution in [3.8, 4) is 5.95 Å². The van der Waals surface area contributed by atoms with Gasteiger partial charge in [0.1, 0.15) is 0 Å². The molecule has 2 aromatic heterocycles. The van der Waals surface area contributed by atoms with E-state index in [2.05, 4.69) is 15.1 Å². The zero-order valence-electron chi connectivity index (χ0n) is 10.5. The molecule has 20 heavy (non-hydrogen) atoms. The lowest BCUT2D eigenvalue weighted by atomic mass is 10.2. The van der Waals surface area contributed by atoms with Crippen LogP contribution in [0.3, 0.4) is 0 Å². The molecule has 1 aromatic carbocycles. The smallest absolute Gasteiger partial charge is 0.251 e. The van der Waals surface area contributed by atoms with Crippen molar-refractivity contribution in [3.05, 3.63) is 46.9 Å². The SMILES string of the molecule is Cc1nn(-c2ncc(C(N)=O)cn2)c2cccc(Cl)c12. The highest BCUT2D eigenvalue weighted by atomic mass is 35.5. The van der Waals surface area contributed by atoms with E-state index in [0.717, 1.165) is 16.6 Å². The normalized spacial score (nSPS) is 10.9. The Bertz CT molecular complexity index is 809. The third-order valence-corrected chi connectivity index (χ3v) is 3.26. The van der Waals surface area contributed by atoms with Gasteiger partial charge in [0.2, 0.25) is 0 Å². The number of nitrogens with zero attached hydrogens (tertiary/aromatic N) is 4. The number of fused-ring (bicyclic) bond motifs is 1. The highest BCUT2D eigenvalue weighted by molar-refractivity contribution is 6.35. The van der Waals surface area contributed by atoms with Crippen molar-refractivity contribution >= 4 is 28.4 Å². The lowest BCUT2D eigenvalue weighted by molar-refractivity contribution is 0.0999. The van der Waals surface area contributed by atoms with Crippen molar-refractivity contribution in [2.75, 3.05) is 0 Å². The van der Waals surface area contributed by atoms with Crippen LogP contribution in [0.2, 0.25) is 5.02 Å². The number of aryl methyl sites for hydroxylation is 1. The minimum Gasteiger partial charge on any atom is -0.366 e. The lowest BCUT2D eigenvalue weighted by Crippen LogP contribution is -2.13. The number of hydrogen-bond donors (Lipinski definition) is 1. The topological polar surface area (TPSA) is 86.7 Å². The van der Waals surface area contributed by atoms with Crippen LogP contribution in [0.4, 0.5) is 0 Å². The number of carbonyl (C=O) groups is 1. The number of halogens is 1. The van der Waals surface area contributed by atoms with E-state index >= 15 is 0 Å². The van der Waals surface area contributed by atoms with E-state index < -0.39 is 5.91 Å². The zero-order chi connectivity index (χ0) is 14.3. The Morgan fingerprint density at radius 3 is 2.65 bits per heavy atom. The van der Waals surface area contributed by atoms with Crippen molar-refractivity contribution in [3.63, 3.8) is 0 Å². The molecule has 6 nitrogen and oxygen atoms in total. The highest BCUT2D eigenvalue weighted by Gasteiger charge is 2.13. The molecule has 0 aliphatic carbocycles. The van der Waals surface area contributed by atoms with Crippen molar-refractivity contribution < 1.29 is 4.79 Å². The fourth-order valence-electron chi connectivity index (χ4n) is 2.01. The van der Waals surface area contributed by atoms with E-state index in [-0.39, 0.29) is 5.56 Å². The fourth-order valence-corrected chi connectivity index (χ4v) is 2.32. The maximum atomic E-state index is 11.0. The van der Waals surface area contributed by atoms with Crippen LogP contribution in [0.25, 0.3) is 16.9 Å². The predicted molar refractivity (Wildman–Crippen MR) is 74.9 cm³/mol. The third-order valence-electron chi connectivity index (χ3n) is 2.94. The molecule has 3 aromatic rings. The second-order valence-electron chi connectivity index (χ2n) is 4.27. The van der Waals surface area contributed by atoms with Crippen molar-refractivity contribution in [1.29, 1.82) is 0 Å². The number of hydrogen-bond acceptors (Lipinski definition) is 4. The van der Waals surface area contributed by atoms with Crippen LogP contribution in [0, 0.1) is 6.92 Å². The molecule has 0 saturated carbocycles. The average Bonchev–Trinajstić information content (AvgIpc) is 2.77. The summed E-state index contributed by atoms with van der Waals surface area (Å²) >= 11 is 6.17. The number of amides is 1. The fraction of sp³-hybridized carbons (Fsp3) is 0.0769. The van der Waals surface area contributed by atoms with Gasteiger partial charge in [0.05, 0.1) is 21.8 Å². The molecule has 1 amide bonds. The molecule has 0 aliphatic rings. The number of benzene rings is 1. The van der Waals surface area contributed by atoms with Crippen molar-refractivity contribution in [2.24, 2.45) is 5.73 Å². The summed E-state index contributed by atoms with van der Waals surface area (Å²) in [6.45, 7) is 1.86. The number of rotatable bonds is 2. The van der Waals surface area contributed by atoms with Crippen molar-refractivity contribution in [2.45, 2.75) is 6.92 Å². The van der Waals surface area contributed by atoms with Crippen LogP contribution in [0.15, 0.2) is 30.6 Å². The Kier molecular flexibility index (Phi) is 2.87. The molecule has 0 spiro atoms. The van der Waals surface area contributed by atoms with E-state index in [9.17, 15) is 4.79 Å². The molecule has 0 atom stereocenters. The monoisotopic (exact) mass is 287 g/mol. The van der Waals surface area contributed by atoms with Crippen LogP contribution in [-0.2, 0) is 0 Å². The zero-order valence-corrected chi connectivity index (χ0v) is 11.3. The van der Waals surface area contributed by atoms with Crippen LogP contribution in [-0.4, -0.2) is 25.7 Å². The molecule has 100 valence electrons. The Labute approximate surface area is 119 Å². The van der Waals surface area contributed by atoms with Gasteiger partial charge < -0.3 is 5.73 Å². The molecule has 2 N–H and O–H groups in total.